The summed E-state index contributed by atoms with van der Waals surface area (Å²) in [4.78, 5) is 14.5. The number of fused-ring (bicyclic) bond motifs is 1. The van der Waals surface area contributed by atoms with E-state index in [-0.39, 0.29) is 18.0 Å². The molecule has 1 amide bonds. The lowest BCUT2D eigenvalue weighted by atomic mass is 10.1. The molecule has 0 aliphatic carbocycles. The van der Waals surface area contributed by atoms with Gasteiger partial charge in [-0.15, -0.1) is 0 Å². The maximum Gasteiger partial charge on any atom is 0.241 e. The van der Waals surface area contributed by atoms with Crippen molar-refractivity contribution in [3.8, 4) is 0 Å². The van der Waals surface area contributed by atoms with Gasteiger partial charge in [0.2, 0.25) is 5.91 Å². The number of anilines is 1. The zero-order valence-electron chi connectivity index (χ0n) is 13.1. The Morgan fingerprint density at radius 1 is 1.41 bits per heavy atom. The van der Waals surface area contributed by atoms with Gasteiger partial charge in [-0.25, -0.2) is 0 Å². The number of benzene rings is 1. The standard InChI is InChI=1S/C17H22N4O/c1-13(12-20-9-5-8-19-20)18-11-17(22)21-14(2)10-15-6-3-4-7-16(15)21/h3-9,13-14,18H,10-12H2,1-2H3. The molecule has 116 valence electrons. The van der Waals surface area contributed by atoms with Crippen molar-refractivity contribution in [2.45, 2.75) is 38.9 Å². The number of amides is 1. The first-order valence-corrected chi connectivity index (χ1v) is 7.76. The van der Waals surface area contributed by atoms with Gasteiger partial charge in [0.1, 0.15) is 0 Å². The third-order valence-corrected chi connectivity index (χ3v) is 4.10. The van der Waals surface area contributed by atoms with Crippen molar-refractivity contribution in [2.24, 2.45) is 0 Å². The van der Waals surface area contributed by atoms with E-state index in [4.69, 9.17) is 0 Å². The van der Waals surface area contributed by atoms with Crippen molar-refractivity contribution in [2.75, 3.05) is 11.4 Å². The SMILES string of the molecule is CC(Cn1cccn1)NCC(=O)N1c2ccccc2CC1C. The fraction of sp³-hybridized carbons (Fsp3) is 0.412. The van der Waals surface area contributed by atoms with Crippen LogP contribution >= 0.6 is 0 Å². The van der Waals surface area contributed by atoms with Gasteiger partial charge in [0.15, 0.2) is 0 Å². The predicted molar refractivity (Wildman–Crippen MR) is 86.8 cm³/mol. The van der Waals surface area contributed by atoms with Gasteiger partial charge >= 0.3 is 0 Å². The predicted octanol–water partition coefficient (Wildman–Crippen LogP) is 1.84. The van der Waals surface area contributed by atoms with Crippen LogP contribution in [0.1, 0.15) is 19.4 Å². The van der Waals surface area contributed by atoms with Crippen LogP contribution in [0.5, 0.6) is 0 Å². The van der Waals surface area contributed by atoms with Crippen LogP contribution in [0, 0.1) is 0 Å². The van der Waals surface area contributed by atoms with Gasteiger partial charge in [-0.2, -0.15) is 5.10 Å². The molecule has 5 nitrogen and oxygen atoms in total. The molecule has 2 unspecified atom stereocenters. The second-order valence-electron chi connectivity index (χ2n) is 5.96. The number of carbonyl (C=O) groups excluding carboxylic acids is 1. The van der Waals surface area contributed by atoms with Crippen molar-refractivity contribution in [3.63, 3.8) is 0 Å². The monoisotopic (exact) mass is 298 g/mol. The summed E-state index contributed by atoms with van der Waals surface area (Å²) in [6.07, 6.45) is 4.63. The fourth-order valence-electron chi connectivity index (χ4n) is 3.05. The van der Waals surface area contributed by atoms with Crippen molar-refractivity contribution in [1.29, 1.82) is 0 Å². The number of nitrogens with one attached hydrogen (secondary N) is 1. The molecule has 0 bridgehead atoms. The highest BCUT2D eigenvalue weighted by Crippen LogP contribution is 2.31. The minimum absolute atomic E-state index is 0.129. The van der Waals surface area contributed by atoms with E-state index in [0.717, 1.165) is 18.7 Å². The van der Waals surface area contributed by atoms with Gasteiger partial charge in [-0.1, -0.05) is 18.2 Å². The largest absolute Gasteiger partial charge is 0.308 e. The minimum Gasteiger partial charge on any atom is -0.308 e. The maximum absolute atomic E-state index is 12.6. The lowest BCUT2D eigenvalue weighted by Crippen LogP contribution is -2.44. The van der Waals surface area contributed by atoms with E-state index >= 15 is 0 Å². The van der Waals surface area contributed by atoms with E-state index in [1.807, 2.05) is 40.0 Å². The molecule has 0 radical (unpaired) electrons. The van der Waals surface area contributed by atoms with Gasteiger partial charge < -0.3 is 10.2 Å². The van der Waals surface area contributed by atoms with E-state index in [1.165, 1.54) is 5.56 Å². The number of para-hydroxylation sites is 1. The van der Waals surface area contributed by atoms with Crippen molar-refractivity contribution < 1.29 is 4.79 Å². The summed E-state index contributed by atoms with van der Waals surface area (Å²) < 4.78 is 1.87. The molecule has 0 saturated carbocycles. The van der Waals surface area contributed by atoms with E-state index < -0.39 is 0 Å². The minimum atomic E-state index is 0.129. The Kier molecular flexibility index (Phi) is 4.24. The van der Waals surface area contributed by atoms with Crippen molar-refractivity contribution in [1.82, 2.24) is 15.1 Å². The number of aromatic nitrogens is 2. The smallest absolute Gasteiger partial charge is 0.241 e. The Hall–Kier alpha value is -2.14. The van der Waals surface area contributed by atoms with Crippen molar-refractivity contribution >= 4 is 11.6 Å². The van der Waals surface area contributed by atoms with E-state index in [2.05, 4.69) is 30.3 Å². The molecule has 0 fully saturated rings. The van der Waals surface area contributed by atoms with Crippen molar-refractivity contribution in [3.05, 3.63) is 48.3 Å². The summed E-state index contributed by atoms with van der Waals surface area (Å²) in [5.74, 6) is 0.129. The second-order valence-corrected chi connectivity index (χ2v) is 5.96. The highest BCUT2D eigenvalue weighted by molar-refractivity contribution is 5.97. The molecule has 22 heavy (non-hydrogen) atoms. The molecule has 2 heterocycles. The number of rotatable bonds is 5. The third-order valence-electron chi connectivity index (χ3n) is 4.10. The van der Waals surface area contributed by atoms with Crippen LogP contribution in [-0.4, -0.2) is 34.3 Å². The molecule has 1 N–H and O–H groups in total. The zero-order chi connectivity index (χ0) is 15.5. The first-order chi connectivity index (χ1) is 10.6. The van der Waals surface area contributed by atoms with Crippen LogP contribution in [0.4, 0.5) is 5.69 Å². The molecular formula is C17H22N4O. The number of hydrogen-bond acceptors (Lipinski definition) is 3. The van der Waals surface area contributed by atoms with Crippen LogP contribution in [0.15, 0.2) is 42.7 Å². The summed E-state index contributed by atoms with van der Waals surface area (Å²) in [5.41, 5.74) is 2.31. The average Bonchev–Trinajstić information content (AvgIpc) is 3.11. The summed E-state index contributed by atoms with van der Waals surface area (Å²) >= 11 is 0. The molecule has 2 aromatic rings. The van der Waals surface area contributed by atoms with Crippen LogP contribution < -0.4 is 10.2 Å². The highest BCUT2D eigenvalue weighted by Gasteiger charge is 2.30. The normalized spacial score (nSPS) is 18.3. The molecule has 2 atom stereocenters. The molecule has 1 aliphatic rings. The summed E-state index contributed by atoms with van der Waals surface area (Å²) in [6.45, 7) is 5.27. The van der Waals surface area contributed by atoms with Crippen LogP contribution in [0.3, 0.4) is 0 Å². The van der Waals surface area contributed by atoms with E-state index in [1.54, 1.807) is 6.20 Å². The second kappa shape index (κ2) is 6.32. The number of carbonyl (C=O) groups is 1. The van der Waals surface area contributed by atoms with E-state index in [9.17, 15) is 4.79 Å². The molecular weight excluding hydrogens is 276 g/mol. The quantitative estimate of drug-likeness (QED) is 0.916. The van der Waals surface area contributed by atoms with Crippen LogP contribution in [-0.2, 0) is 17.8 Å². The van der Waals surface area contributed by atoms with Crippen LogP contribution in [0.2, 0.25) is 0 Å². The average molecular weight is 298 g/mol. The number of nitrogens with zero attached hydrogens (tertiary/aromatic N) is 3. The molecule has 3 rings (SSSR count). The zero-order valence-corrected chi connectivity index (χ0v) is 13.1. The number of hydrogen-bond donors (Lipinski definition) is 1. The van der Waals surface area contributed by atoms with Gasteiger partial charge in [0.05, 0.1) is 13.1 Å². The Morgan fingerprint density at radius 3 is 3.00 bits per heavy atom. The summed E-state index contributed by atoms with van der Waals surface area (Å²) in [7, 11) is 0. The third kappa shape index (κ3) is 3.04. The maximum atomic E-state index is 12.6. The first kappa shape index (κ1) is 14.8. The molecule has 0 spiro atoms. The van der Waals surface area contributed by atoms with Gasteiger partial charge in [0, 0.05) is 30.2 Å². The first-order valence-electron chi connectivity index (χ1n) is 7.76. The lowest BCUT2D eigenvalue weighted by molar-refractivity contribution is -0.118. The van der Waals surface area contributed by atoms with Gasteiger partial charge in [0.25, 0.3) is 0 Å². The topological polar surface area (TPSA) is 50.2 Å². The molecule has 1 aliphatic heterocycles. The fourth-order valence-corrected chi connectivity index (χ4v) is 3.05. The molecule has 1 aromatic heterocycles. The Balaban J connectivity index is 1.58. The molecule has 1 aromatic carbocycles. The van der Waals surface area contributed by atoms with E-state index in [0.29, 0.717) is 6.54 Å². The Bertz CT molecular complexity index is 638. The van der Waals surface area contributed by atoms with Crippen LogP contribution in [0.25, 0.3) is 0 Å². The van der Waals surface area contributed by atoms with Gasteiger partial charge in [-0.3, -0.25) is 9.48 Å². The summed E-state index contributed by atoms with van der Waals surface area (Å²) in [6, 6.07) is 10.5. The highest BCUT2D eigenvalue weighted by atomic mass is 16.2. The van der Waals surface area contributed by atoms with Gasteiger partial charge in [-0.05, 0) is 38.0 Å². The molecule has 0 saturated heterocycles. The summed E-state index contributed by atoms with van der Waals surface area (Å²) in [5, 5.41) is 7.48. The Morgan fingerprint density at radius 2 is 2.23 bits per heavy atom. The molecule has 5 heteroatoms. The lowest BCUT2D eigenvalue weighted by Gasteiger charge is -2.24. The Labute approximate surface area is 130 Å².